The van der Waals surface area contributed by atoms with Gasteiger partial charge in [-0.3, -0.25) is 29.7 Å². The maximum Gasteiger partial charge on any atom is 0.119 e. The molecule has 0 bridgehead atoms. The summed E-state index contributed by atoms with van der Waals surface area (Å²) < 4.78 is 5.49. The topological polar surface area (TPSA) is 70.5 Å². The van der Waals surface area contributed by atoms with Crippen LogP contribution in [-0.4, -0.2) is 36.8 Å². The predicted octanol–water partition coefficient (Wildman–Crippen LogP) is 9.15. The minimum Gasteiger partial charge on any atom is -0.497 e. The molecule has 3 aromatic carbocycles. The molecular weight excluding hydrogens is 655 g/mol. The Bertz CT molecular complexity index is 1880. The van der Waals surface area contributed by atoms with Crippen LogP contribution < -0.4 is 9.64 Å². The normalized spacial score (nSPS) is 11.2. The van der Waals surface area contributed by atoms with Crippen molar-refractivity contribution in [2.75, 3.05) is 12.0 Å². The molecule has 4 heterocycles. The standard InChI is InChI=1S/C45H43N7O/c1-53-45-24-22-44(23-25-45)52(42-18-14-36(15-19-42)30-50(32-38-10-2-6-26-46-38)33-39-11-3-7-27-47-39)43-20-16-37(17-21-43)31-51(34-40-12-4-8-28-48-40)35-41-13-5-9-29-49-41/h2-29H,30-35H2,1H3. The van der Waals surface area contributed by atoms with Crippen LogP contribution in [0.1, 0.15) is 33.9 Å². The molecule has 0 unspecified atom stereocenters. The monoisotopic (exact) mass is 697 g/mol. The lowest BCUT2D eigenvalue weighted by Gasteiger charge is -2.27. The number of nitrogens with zero attached hydrogens (tertiary/aromatic N) is 7. The van der Waals surface area contributed by atoms with Crippen molar-refractivity contribution >= 4 is 17.1 Å². The fourth-order valence-electron chi connectivity index (χ4n) is 6.41. The van der Waals surface area contributed by atoms with Crippen LogP contribution in [0.3, 0.4) is 0 Å². The number of hydrogen-bond donors (Lipinski definition) is 0. The Morgan fingerprint density at radius 2 is 0.698 bits per heavy atom. The smallest absolute Gasteiger partial charge is 0.119 e. The molecular formula is C45H43N7O. The van der Waals surface area contributed by atoms with E-state index in [1.54, 1.807) is 7.11 Å². The highest BCUT2D eigenvalue weighted by Crippen LogP contribution is 2.36. The quantitative estimate of drug-likeness (QED) is 0.0991. The fourth-order valence-corrected chi connectivity index (χ4v) is 6.41. The Kier molecular flexibility index (Phi) is 11.8. The molecule has 0 saturated heterocycles. The van der Waals surface area contributed by atoms with Crippen LogP contribution in [-0.2, 0) is 39.3 Å². The van der Waals surface area contributed by atoms with Crippen molar-refractivity contribution in [3.63, 3.8) is 0 Å². The Morgan fingerprint density at radius 3 is 0.981 bits per heavy atom. The summed E-state index contributed by atoms with van der Waals surface area (Å²) in [7, 11) is 1.69. The number of benzene rings is 3. The van der Waals surface area contributed by atoms with Gasteiger partial charge in [-0.05, 0) is 108 Å². The van der Waals surface area contributed by atoms with Crippen LogP contribution in [0.5, 0.6) is 5.75 Å². The third kappa shape index (κ3) is 9.98. The van der Waals surface area contributed by atoms with Gasteiger partial charge in [0, 0.05) is 81.1 Å². The molecule has 8 nitrogen and oxygen atoms in total. The first-order valence-corrected chi connectivity index (χ1v) is 17.8. The highest BCUT2D eigenvalue weighted by atomic mass is 16.5. The Balaban J connectivity index is 1.12. The second-order valence-corrected chi connectivity index (χ2v) is 12.9. The summed E-state index contributed by atoms with van der Waals surface area (Å²) in [6.07, 6.45) is 7.40. The molecule has 7 rings (SSSR count). The van der Waals surface area contributed by atoms with Gasteiger partial charge < -0.3 is 9.64 Å². The minimum absolute atomic E-state index is 0.727. The third-order valence-corrected chi connectivity index (χ3v) is 8.98. The Morgan fingerprint density at radius 1 is 0.377 bits per heavy atom. The van der Waals surface area contributed by atoms with E-state index in [1.165, 1.54) is 11.1 Å². The molecule has 0 atom stereocenters. The Labute approximate surface area is 312 Å². The average molecular weight is 698 g/mol. The van der Waals surface area contributed by atoms with Crippen molar-refractivity contribution in [2.45, 2.75) is 39.3 Å². The SMILES string of the molecule is COc1ccc(N(c2ccc(CN(Cc3ccccn3)Cc3ccccn3)cc2)c2ccc(CN(Cc3ccccn3)Cc3ccccn3)cc2)cc1. The van der Waals surface area contributed by atoms with Crippen molar-refractivity contribution in [1.29, 1.82) is 0 Å². The van der Waals surface area contributed by atoms with Gasteiger partial charge in [-0.15, -0.1) is 0 Å². The summed E-state index contributed by atoms with van der Waals surface area (Å²) in [4.78, 5) is 25.4. The van der Waals surface area contributed by atoms with Gasteiger partial charge in [0.15, 0.2) is 0 Å². The van der Waals surface area contributed by atoms with Crippen LogP contribution in [0.25, 0.3) is 0 Å². The largest absolute Gasteiger partial charge is 0.497 e. The Hall–Kier alpha value is -6.22. The lowest BCUT2D eigenvalue weighted by Crippen LogP contribution is -2.23. The number of rotatable bonds is 16. The number of hydrogen-bond acceptors (Lipinski definition) is 8. The van der Waals surface area contributed by atoms with E-state index in [0.29, 0.717) is 0 Å². The third-order valence-electron chi connectivity index (χ3n) is 8.98. The molecule has 0 aliphatic carbocycles. The molecule has 4 aromatic heterocycles. The zero-order valence-corrected chi connectivity index (χ0v) is 29.9. The fraction of sp³-hybridized carbons (Fsp3) is 0.156. The molecule has 0 fully saturated rings. The lowest BCUT2D eigenvalue weighted by atomic mass is 10.1. The summed E-state index contributed by atoms with van der Waals surface area (Å²) in [5, 5.41) is 0. The maximum absolute atomic E-state index is 5.49. The summed E-state index contributed by atoms with van der Waals surface area (Å²) in [5.74, 6) is 0.821. The number of aromatic nitrogens is 4. The van der Waals surface area contributed by atoms with Crippen molar-refractivity contribution < 1.29 is 4.74 Å². The molecule has 0 spiro atoms. The van der Waals surface area contributed by atoms with E-state index in [9.17, 15) is 0 Å². The van der Waals surface area contributed by atoms with Gasteiger partial charge in [-0.2, -0.15) is 0 Å². The summed E-state index contributed by atoms with van der Waals surface area (Å²) >= 11 is 0. The number of methoxy groups -OCH3 is 1. The molecule has 53 heavy (non-hydrogen) atoms. The van der Waals surface area contributed by atoms with Gasteiger partial charge in [-0.25, -0.2) is 0 Å². The highest BCUT2D eigenvalue weighted by Gasteiger charge is 2.16. The highest BCUT2D eigenvalue weighted by molar-refractivity contribution is 5.76. The van der Waals surface area contributed by atoms with E-state index in [2.05, 4.69) is 120 Å². The average Bonchev–Trinajstić information content (AvgIpc) is 3.21. The maximum atomic E-state index is 5.49. The summed E-state index contributed by atoms with van der Waals surface area (Å²) in [6, 6.07) is 50.2. The molecule has 264 valence electrons. The zero-order valence-electron chi connectivity index (χ0n) is 29.9. The van der Waals surface area contributed by atoms with Gasteiger partial charge in [0.2, 0.25) is 0 Å². The van der Waals surface area contributed by atoms with Crippen LogP contribution in [0.4, 0.5) is 17.1 Å². The minimum atomic E-state index is 0.727. The molecule has 0 aliphatic rings. The van der Waals surface area contributed by atoms with Crippen LogP contribution in [0.2, 0.25) is 0 Å². The first-order chi connectivity index (χ1) is 26.2. The molecule has 0 N–H and O–H groups in total. The van der Waals surface area contributed by atoms with Crippen LogP contribution in [0.15, 0.2) is 170 Å². The summed E-state index contributed by atoms with van der Waals surface area (Å²) in [5.41, 5.74) is 9.75. The first kappa shape index (κ1) is 35.2. The second-order valence-electron chi connectivity index (χ2n) is 12.9. The second kappa shape index (κ2) is 17.8. The molecule has 8 heteroatoms. The molecule has 0 radical (unpaired) electrons. The van der Waals surface area contributed by atoms with Crippen molar-refractivity contribution in [1.82, 2.24) is 29.7 Å². The molecule has 7 aromatic rings. The molecule has 0 amide bonds. The van der Waals surface area contributed by atoms with Gasteiger partial charge >= 0.3 is 0 Å². The number of ether oxygens (including phenoxy) is 1. The van der Waals surface area contributed by atoms with Gasteiger partial charge in [0.25, 0.3) is 0 Å². The van der Waals surface area contributed by atoms with Crippen LogP contribution in [0, 0.1) is 0 Å². The predicted molar refractivity (Wildman–Crippen MR) is 211 cm³/mol. The zero-order chi connectivity index (χ0) is 36.1. The van der Waals surface area contributed by atoms with Crippen LogP contribution >= 0.6 is 0 Å². The van der Waals surface area contributed by atoms with E-state index >= 15 is 0 Å². The number of anilines is 3. The van der Waals surface area contributed by atoms with E-state index in [-0.39, 0.29) is 0 Å². The van der Waals surface area contributed by atoms with Crippen molar-refractivity contribution in [3.8, 4) is 5.75 Å². The van der Waals surface area contributed by atoms with Gasteiger partial charge in [0.1, 0.15) is 5.75 Å². The van der Waals surface area contributed by atoms with Crippen molar-refractivity contribution in [3.05, 3.63) is 204 Å². The summed E-state index contributed by atoms with van der Waals surface area (Å²) in [6.45, 7) is 4.43. The molecule has 0 aliphatic heterocycles. The van der Waals surface area contributed by atoms with Crippen molar-refractivity contribution in [2.24, 2.45) is 0 Å². The van der Waals surface area contributed by atoms with E-state index in [1.807, 2.05) is 85.5 Å². The van der Waals surface area contributed by atoms with E-state index in [0.717, 1.165) is 84.9 Å². The van der Waals surface area contributed by atoms with E-state index < -0.39 is 0 Å². The number of pyridine rings is 4. The van der Waals surface area contributed by atoms with Gasteiger partial charge in [0.05, 0.1) is 29.9 Å². The first-order valence-electron chi connectivity index (χ1n) is 17.8. The molecule has 0 saturated carbocycles. The lowest BCUT2D eigenvalue weighted by molar-refractivity contribution is 0.241. The van der Waals surface area contributed by atoms with E-state index in [4.69, 9.17) is 4.74 Å². The van der Waals surface area contributed by atoms with Gasteiger partial charge in [-0.1, -0.05) is 48.5 Å².